The first-order valence-corrected chi connectivity index (χ1v) is 14.7. The summed E-state index contributed by atoms with van der Waals surface area (Å²) in [5.41, 5.74) is 6.60. The van der Waals surface area contributed by atoms with Gasteiger partial charge in [0, 0.05) is 31.0 Å². The van der Waals surface area contributed by atoms with Crippen molar-refractivity contribution in [3.63, 3.8) is 0 Å². The van der Waals surface area contributed by atoms with Crippen LogP contribution < -0.4 is 5.56 Å². The fourth-order valence-corrected chi connectivity index (χ4v) is 5.92. The van der Waals surface area contributed by atoms with E-state index in [0.717, 1.165) is 58.6 Å². The number of rotatable bonds is 8. The number of H-pyrrole nitrogens is 1. The van der Waals surface area contributed by atoms with Gasteiger partial charge < -0.3 is 19.0 Å². The summed E-state index contributed by atoms with van der Waals surface area (Å²) in [7, 11) is 0. The number of nitrogens with zero attached hydrogens (tertiary/aromatic N) is 6. The molecule has 1 fully saturated rings. The Morgan fingerprint density at radius 1 is 0.857 bits per heavy atom. The molecular formula is C33H33N7O2. The first-order chi connectivity index (χ1) is 20.6. The zero-order valence-corrected chi connectivity index (χ0v) is 23.7. The third-order valence-corrected chi connectivity index (χ3v) is 8.08. The number of fused-ring (bicyclic) bond motifs is 2. The third kappa shape index (κ3) is 5.35. The molecule has 0 bridgehead atoms. The fourth-order valence-electron chi connectivity index (χ4n) is 5.92. The Labute approximate surface area is 243 Å². The highest BCUT2D eigenvalue weighted by Gasteiger charge is 2.17. The van der Waals surface area contributed by atoms with Crippen LogP contribution in [0.1, 0.15) is 42.8 Å². The lowest BCUT2D eigenvalue weighted by Gasteiger charge is -2.26. The highest BCUT2D eigenvalue weighted by atomic mass is 16.5. The van der Waals surface area contributed by atoms with E-state index < -0.39 is 0 Å². The molecule has 0 unspecified atom stereocenters. The van der Waals surface area contributed by atoms with Crippen molar-refractivity contribution in [1.29, 1.82) is 0 Å². The number of piperidine rings is 1. The molecule has 3 aromatic heterocycles. The minimum absolute atomic E-state index is 0.167. The van der Waals surface area contributed by atoms with Gasteiger partial charge in [-0.2, -0.15) is 4.98 Å². The lowest BCUT2D eigenvalue weighted by atomic mass is 10.1. The second-order valence-electron chi connectivity index (χ2n) is 11.1. The van der Waals surface area contributed by atoms with E-state index >= 15 is 0 Å². The topological polar surface area (TPSA) is 106 Å². The smallest absolute Gasteiger partial charge is 0.270 e. The molecule has 7 rings (SSSR count). The minimum Gasteiger partial charge on any atom is -0.339 e. The second-order valence-corrected chi connectivity index (χ2v) is 11.1. The number of hydrogen-bond donors (Lipinski definition) is 1. The molecule has 6 aromatic rings. The van der Waals surface area contributed by atoms with Crippen molar-refractivity contribution in [2.45, 2.75) is 45.6 Å². The maximum absolute atomic E-state index is 12.9. The molecule has 9 heteroatoms. The van der Waals surface area contributed by atoms with Crippen molar-refractivity contribution in [3.8, 4) is 22.8 Å². The van der Waals surface area contributed by atoms with Gasteiger partial charge in [-0.25, -0.2) is 9.97 Å². The summed E-state index contributed by atoms with van der Waals surface area (Å²) < 4.78 is 7.46. The van der Waals surface area contributed by atoms with Crippen LogP contribution in [0.25, 0.3) is 44.8 Å². The summed E-state index contributed by atoms with van der Waals surface area (Å²) in [4.78, 5) is 32.8. The van der Waals surface area contributed by atoms with Gasteiger partial charge in [-0.3, -0.25) is 4.79 Å². The van der Waals surface area contributed by atoms with Gasteiger partial charge in [0.05, 0.1) is 22.1 Å². The quantitative estimate of drug-likeness (QED) is 0.253. The number of aromatic nitrogens is 6. The Morgan fingerprint density at radius 2 is 1.64 bits per heavy atom. The molecule has 3 aromatic carbocycles. The Hall–Kier alpha value is -4.63. The molecule has 1 aliphatic heterocycles. The molecule has 1 aliphatic rings. The molecule has 0 aliphatic carbocycles. The van der Waals surface area contributed by atoms with Crippen molar-refractivity contribution < 1.29 is 4.52 Å². The van der Waals surface area contributed by atoms with Gasteiger partial charge in [0.1, 0.15) is 11.5 Å². The average molecular weight is 560 g/mol. The standard InChI is InChI=1S/C33H33N7O2/c1-22-34-31(38-42-22)24-11-13-25(14-12-24)32-36-28-20-26-27(35-29(33(41)37-26)19-23-9-4-2-5-10-23)21-30(28)40(32)18-8-17-39-15-6-3-7-16-39/h2,4-5,9-14,20-21H,3,6-8,15-19H2,1H3,(H,37,41). The first kappa shape index (κ1) is 26.3. The number of hydrogen-bond acceptors (Lipinski definition) is 7. The highest BCUT2D eigenvalue weighted by molar-refractivity contribution is 5.93. The zero-order chi connectivity index (χ0) is 28.5. The maximum Gasteiger partial charge on any atom is 0.270 e. The molecule has 1 saturated heterocycles. The number of aromatic amines is 1. The molecule has 0 atom stereocenters. The SMILES string of the molecule is Cc1nc(-c2ccc(-c3nc4cc5[nH]c(=O)c(Cc6ccccc6)nc5cc4n3CCCN3CCCCC3)cc2)no1. The van der Waals surface area contributed by atoms with Crippen LogP contribution in [0.4, 0.5) is 0 Å². The van der Waals surface area contributed by atoms with Crippen molar-refractivity contribution in [3.05, 3.63) is 94.2 Å². The number of benzene rings is 3. The van der Waals surface area contributed by atoms with Crippen LogP contribution in [0.15, 0.2) is 76.0 Å². The van der Waals surface area contributed by atoms with Crippen molar-refractivity contribution in [1.82, 2.24) is 34.6 Å². The van der Waals surface area contributed by atoms with E-state index in [0.29, 0.717) is 29.3 Å². The summed E-state index contributed by atoms with van der Waals surface area (Å²) in [5, 5.41) is 4.05. The molecule has 1 N–H and O–H groups in total. The summed E-state index contributed by atoms with van der Waals surface area (Å²) in [5.74, 6) is 2.00. The number of nitrogens with one attached hydrogen (secondary N) is 1. The van der Waals surface area contributed by atoms with Crippen LogP contribution in [0, 0.1) is 6.92 Å². The van der Waals surface area contributed by atoms with E-state index in [-0.39, 0.29) is 5.56 Å². The Kier molecular flexibility index (Phi) is 7.09. The molecule has 212 valence electrons. The zero-order valence-electron chi connectivity index (χ0n) is 23.7. The van der Waals surface area contributed by atoms with E-state index in [1.54, 1.807) is 6.92 Å². The van der Waals surface area contributed by atoms with Gasteiger partial charge in [-0.05, 0) is 56.6 Å². The van der Waals surface area contributed by atoms with Crippen LogP contribution in [0.5, 0.6) is 0 Å². The third-order valence-electron chi connectivity index (χ3n) is 8.08. The lowest BCUT2D eigenvalue weighted by Crippen LogP contribution is -2.31. The van der Waals surface area contributed by atoms with Gasteiger partial charge >= 0.3 is 0 Å². The molecule has 9 nitrogen and oxygen atoms in total. The second kappa shape index (κ2) is 11.3. The van der Waals surface area contributed by atoms with Crippen LogP contribution in [0.2, 0.25) is 0 Å². The summed E-state index contributed by atoms with van der Waals surface area (Å²) in [6, 6.07) is 22.1. The Morgan fingerprint density at radius 3 is 2.40 bits per heavy atom. The van der Waals surface area contributed by atoms with Crippen molar-refractivity contribution in [2.75, 3.05) is 19.6 Å². The molecule has 0 radical (unpaired) electrons. The van der Waals surface area contributed by atoms with Gasteiger partial charge in [0.2, 0.25) is 11.7 Å². The van der Waals surface area contributed by atoms with Crippen LogP contribution in [0.3, 0.4) is 0 Å². The molecular weight excluding hydrogens is 526 g/mol. The number of likely N-dealkylation sites (tertiary alicyclic amines) is 1. The summed E-state index contributed by atoms with van der Waals surface area (Å²) in [6.45, 7) is 6.05. The van der Waals surface area contributed by atoms with Crippen LogP contribution >= 0.6 is 0 Å². The number of imidazole rings is 1. The van der Waals surface area contributed by atoms with E-state index in [9.17, 15) is 4.79 Å². The summed E-state index contributed by atoms with van der Waals surface area (Å²) in [6.07, 6.45) is 5.41. The van der Waals surface area contributed by atoms with E-state index in [1.165, 1.54) is 32.4 Å². The molecule has 42 heavy (non-hydrogen) atoms. The van der Waals surface area contributed by atoms with Crippen molar-refractivity contribution >= 4 is 22.1 Å². The van der Waals surface area contributed by atoms with Crippen molar-refractivity contribution in [2.24, 2.45) is 0 Å². The fraction of sp³-hybridized carbons (Fsp3) is 0.303. The normalized spacial score (nSPS) is 14.2. The van der Waals surface area contributed by atoms with Gasteiger partial charge in [-0.1, -0.05) is 66.2 Å². The van der Waals surface area contributed by atoms with Crippen LogP contribution in [-0.2, 0) is 13.0 Å². The van der Waals surface area contributed by atoms with E-state index in [4.69, 9.17) is 14.5 Å². The Balaban J connectivity index is 1.27. The molecule has 0 spiro atoms. The summed E-state index contributed by atoms with van der Waals surface area (Å²) >= 11 is 0. The van der Waals surface area contributed by atoms with Gasteiger partial charge in [0.15, 0.2) is 0 Å². The van der Waals surface area contributed by atoms with Crippen LogP contribution in [-0.4, -0.2) is 54.2 Å². The van der Waals surface area contributed by atoms with E-state index in [2.05, 4.69) is 42.8 Å². The first-order valence-electron chi connectivity index (χ1n) is 14.7. The van der Waals surface area contributed by atoms with Gasteiger partial charge in [-0.15, -0.1) is 0 Å². The predicted molar refractivity (Wildman–Crippen MR) is 163 cm³/mol. The number of aryl methyl sites for hydroxylation is 2. The molecule has 4 heterocycles. The minimum atomic E-state index is -0.167. The van der Waals surface area contributed by atoms with Gasteiger partial charge in [0.25, 0.3) is 5.56 Å². The highest BCUT2D eigenvalue weighted by Crippen LogP contribution is 2.29. The Bertz CT molecular complexity index is 1900. The average Bonchev–Trinajstić information content (AvgIpc) is 3.61. The molecule has 0 amide bonds. The molecule has 0 saturated carbocycles. The maximum atomic E-state index is 12.9. The predicted octanol–water partition coefficient (Wildman–Crippen LogP) is 5.77. The monoisotopic (exact) mass is 559 g/mol. The lowest BCUT2D eigenvalue weighted by molar-refractivity contribution is 0.223. The largest absolute Gasteiger partial charge is 0.339 e. The van der Waals surface area contributed by atoms with E-state index in [1.807, 2.05) is 48.5 Å².